The average molecular weight is 550 g/mol. The number of hydrogen-bond donors (Lipinski definition) is 0. The maximum Gasteiger partial charge on any atom is 0.185 e. The van der Waals surface area contributed by atoms with Gasteiger partial charge in [-0.3, -0.25) is 0 Å². The van der Waals surface area contributed by atoms with Crippen molar-refractivity contribution in [3.05, 3.63) is 62.1 Å². The minimum absolute atomic E-state index is 0.0726. The van der Waals surface area contributed by atoms with E-state index in [2.05, 4.69) is 25.8 Å². The number of aromatic nitrogens is 1. The molecule has 1 aliphatic rings. The van der Waals surface area contributed by atoms with Crippen molar-refractivity contribution >= 4 is 65.4 Å². The Labute approximate surface area is 196 Å². The Morgan fingerprint density at radius 2 is 1.83 bits per heavy atom. The number of thiazole rings is 1. The topological polar surface area (TPSA) is 50.3 Å². The summed E-state index contributed by atoms with van der Waals surface area (Å²) in [5, 5.41) is 2.47. The molecule has 0 bridgehead atoms. The van der Waals surface area contributed by atoms with Gasteiger partial charge in [0.2, 0.25) is 0 Å². The molecule has 4 nitrogen and oxygen atoms in total. The smallest absolute Gasteiger partial charge is 0.185 e. The highest BCUT2D eigenvalue weighted by molar-refractivity contribution is 9.10. The van der Waals surface area contributed by atoms with Crippen LogP contribution >= 0.6 is 50.5 Å². The third-order valence-corrected chi connectivity index (χ3v) is 9.50. The van der Waals surface area contributed by atoms with Crippen molar-refractivity contribution in [2.75, 3.05) is 18.0 Å². The maximum absolute atomic E-state index is 13.7. The third kappa shape index (κ3) is 4.39. The summed E-state index contributed by atoms with van der Waals surface area (Å²) in [6.45, 7) is 1.14. The Bertz CT molecular complexity index is 1200. The van der Waals surface area contributed by atoms with Crippen molar-refractivity contribution in [1.82, 2.24) is 4.98 Å². The van der Waals surface area contributed by atoms with Crippen LogP contribution in [0.5, 0.6) is 0 Å². The molecule has 3 aromatic rings. The second kappa shape index (κ2) is 8.74. The second-order valence-corrected chi connectivity index (χ2v) is 11.7. The SMILES string of the molecule is O=S(=O)(c1ccc(Br)cc1Cl)C1CCN(c2nc(-c3ccc(Cl)c(F)c3)cs2)CC1. The van der Waals surface area contributed by atoms with Crippen molar-refractivity contribution in [1.29, 1.82) is 0 Å². The zero-order valence-corrected chi connectivity index (χ0v) is 20.2. The Balaban J connectivity index is 1.47. The number of halogens is 4. The molecule has 0 unspecified atom stereocenters. The number of hydrogen-bond acceptors (Lipinski definition) is 5. The lowest BCUT2D eigenvalue weighted by Crippen LogP contribution is -2.39. The normalized spacial score (nSPS) is 15.5. The molecule has 0 aliphatic carbocycles. The Kier molecular flexibility index (Phi) is 6.42. The van der Waals surface area contributed by atoms with Crippen LogP contribution in [0.1, 0.15) is 12.8 Å². The molecule has 1 aromatic heterocycles. The van der Waals surface area contributed by atoms with Gasteiger partial charge < -0.3 is 4.90 Å². The first kappa shape index (κ1) is 22.0. The van der Waals surface area contributed by atoms with Crippen LogP contribution in [0.25, 0.3) is 11.3 Å². The second-order valence-electron chi connectivity index (χ2n) is 6.95. The van der Waals surface area contributed by atoms with Crippen LogP contribution in [0.2, 0.25) is 10.0 Å². The lowest BCUT2D eigenvalue weighted by molar-refractivity contribution is 0.529. The van der Waals surface area contributed by atoms with Gasteiger partial charge in [-0.1, -0.05) is 45.2 Å². The van der Waals surface area contributed by atoms with Crippen LogP contribution < -0.4 is 4.90 Å². The number of rotatable bonds is 4. The van der Waals surface area contributed by atoms with Gasteiger partial charge in [0.25, 0.3) is 0 Å². The first-order valence-corrected chi connectivity index (χ1v) is 13.1. The standard InChI is InChI=1S/C20H16BrCl2FN2O2S2/c21-13-2-4-19(16(23)10-13)30(27,28)14-5-7-26(8-6-14)20-25-18(11-29-20)12-1-3-15(22)17(24)9-12/h1-4,9-11,14H,5-8H2. The van der Waals surface area contributed by atoms with Crippen molar-refractivity contribution < 1.29 is 12.8 Å². The number of benzene rings is 2. The minimum Gasteiger partial charge on any atom is -0.348 e. The fourth-order valence-corrected chi connectivity index (χ4v) is 7.22. The van der Waals surface area contributed by atoms with E-state index < -0.39 is 20.9 Å². The molecule has 0 saturated carbocycles. The van der Waals surface area contributed by atoms with Gasteiger partial charge in [0, 0.05) is 28.5 Å². The molecule has 0 spiro atoms. The van der Waals surface area contributed by atoms with Gasteiger partial charge in [0.1, 0.15) is 5.82 Å². The van der Waals surface area contributed by atoms with Crippen molar-refractivity contribution in [2.24, 2.45) is 0 Å². The van der Waals surface area contributed by atoms with Crippen LogP contribution in [-0.2, 0) is 9.84 Å². The summed E-state index contributed by atoms with van der Waals surface area (Å²) in [5.41, 5.74) is 1.32. The van der Waals surface area contributed by atoms with E-state index in [1.165, 1.54) is 23.5 Å². The monoisotopic (exact) mass is 548 g/mol. The number of anilines is 1. The number of sulfone groups is 1. The summed E-state index contributed by atoms with van der Waals surface area (Å²) in [6, 6.07) is 9.43. The van der Waals surface area contributed by atoms with Crippen LogP contribution in [0, 0.1) is 5.82 Å². The Hall–Kier alpha value is -1.19. The molecule has 0 atom stereocenters. The van der Waals surface area contributed by atoms with E-state index in [-0.39, 0.29) is 14.9 Å². The molecule has 4 rings (SSSR count). The van der Waals surface area contributed by atoms with E-state index in [0.29, 0.717) is 37.2 Å². The van der Waals surface area contributed by atoms with E-state index >= 15 is 0 Å². The van der Waals surface area contributed by atoms with Gasteiger partial charge in [-0.2, -0.15) is 0 Å². The number of nitrogens with zero attached hydrogens (tertiary/aromatic N) is 2. The summed E-state index contributed by atoms with van der Waals surface area (Å²) in [6.07, 6.45) is 0.971. The molecular formula is C20H16BrCl2FN2O2S2. The molecule has 0 radical (unpaired) electrons. The first-order chi connectivity index (χ1) is 14.3. The minimum atomic E-state index is -3.51. The predicted octanol–water partition coefficient (Wildman–Crippen LogP) is 6.46. The fraction of sp³-hybridized carbons (Fsp3) is 0.250. The molecule has 10 heteroatoms. The molecule has 2 heterocycles. The van der Waals surface area contributed by atoms with Crippen LogP contribution in [0.3, 0.4) is 0 Å². The summed E-state index contributed by atoms with van der Waals surface area (Å²) < 4.78 is 40.5. The molecule has 0 amide bonds. The van der Waals surface area contributed by atoms with Crippen molar-refractivity contribution in [3.8, 4) is 11.3 Å². The summed E-state index contributed by atoms with van der Waals surface area (Å²) >= 11 is 16.7. The van der Waals surface area contributed by atoms with Crippen LogP contribution in [0.15, 0.2) is 51.1 Å². The van der Waals surface area contributed by atoms with Gasteiger partial charge in [0.15, 0.2) is 15.0 Å². The van der Waals surface area contributed by atoms with E-state index in [4.69, 9.17) is 23.2 Å². The molecule has 0 N–H and O–H groups in total. The summed E-state index contributed by atoms with van der Waals surface area (Å²) in [5.74, 6) is -0.485. The van der Waals surface area contributed by atoms with Gasteiger partial charge in [-0.25, -0.2) is 17.8 Å². The van der Waals surface area contributed by atoms with Crippen LogP contribution in [0.4, 0.5) is 9.52 Å². The average Bonchev–Trinajstić information content (AvgIpc) is 3.20. The van der Waals surface area contributed by atoms with E-state index in [1.54, 1.807) is 24.3 Å². The summed E-state index contributed by atoms with van der Waals surface area (Å²) in [4.78, 5) is 6.84. The highest BCUT2D eigenvalue weighted by Gasteiger charge is 2.33. The van der Waals surface area contributed by atoms with Crippen LogP contribution in [-0.4, -0.2) is 31.7 Å². The molecule has 2 aromatic carbocycles. The molecule has 158 valence electrons. The van der Waals surface area contributed by atoms with Crippen molar-refractivity contribution in [3.63, 3.8) is 0 Å². The van der Waals surface area contributed by atoms with Gasteiger partial charge in [-0.05, 0) is 43.2 Å². The first-order valence-electron chi connectivity index (χ1n) is 9.10. The molecule has 1 fully saturated rings. The predicted molar refractivity (Wildman–Crippen MR) is 124 cm³/mol. The maximum atomic E-state index is 13.7. The van der Waals surface area contributed by atoms with Crippen molar-refractivity contribution in [2.45, 2.75) is 23.0 Å². The Morgan fingerprint density at radius 3 is 2.50 bits per heavy atom. The molecular weight excluding hydrogens is 534 g/mol. The van der Waals surface area contributed by atoms with E-state index in [0.717, 1.165) is 9.60 Å². The quantitative estimate of drug-likeness (QED) is 0.374. The van der Waals surface area contributed by atoms with E-state index in [1.807, 2.05) is 5.38 Å². The summed E-state index contributed by atoms with van der Waals surface area (Å²) in [7, 11) is -3.51. The largest absolute Gasteiger partial charge is 0.348 e. The number of piperidine rings is 1. The van der Waals surface area contributed by atoms with Gasteiger partial charge in [0.05, 0.1) is 25.9 Å². The molecule has 1 aliphatic heterocycles. The zero-order chi connectivity index (χ0) is 21.5. The fourth-order valence-electron chi connectivity index (χ4n) is 3.44. The highest BCUT2D eigenvalue weighted by Crippen LogP contribution is 2.34. The third-order valence-electron chi connectivity index (χ3n) is 5.06. The zero-order valence-electron chi connectivity index (χ0n) is 15.5. The lowest BCUT2D eigenvalue weighted by Gasteiger charge is -2.31. The molecule has 1 saturated heterocycles. The molecule has 30 heavy (non-hydrogen) atoms. The van der Waals surface area contributed by atoms with Gasteiger partial charge >= 0.3 is 0 Å². The lowest BCUT2D eigenvalue weighted by atomic mass is 10.1. The van der Waals surface area contributed by atoms with Gasteiger partial charge in [-0.15, -0.1) is 11.3 Å². The van der Waals surface area contributed by atoms with E-state index in [9.17, 15) is 12.8 Å². The Morgan fingerprint density at radius 1 is 1.10 bits per heavy atom. The highest BCUT2D eigenvalue weighted by atomic mass is 79.9.